The Morgan fingerprint density at radius 2 is 1.84 bits per heavy atom. The van der Waals surface area contributed by atoms with Crippen LogP contribution in [0.15, 0.2) is 53.6 Å². The average Bonchev–Trinajstić information content (AvgIpc) is 2.89. The monoisotopic (exact) mass is 270 g/mol. The molecule has 2 aromatic rings. The van der Waals surface area contributed by atoms with Gasteiger partial charge in [-0.2, -0.15) is 5.10 Å². The molecule has 1 aliphatic heterocycles. The summed E-state index contributed by atoms with van der Waals surface area (Å²) in [6.45, 7) is 2.09. The Morgan fingerprint density at radius 1 is 1.11 bits per heavy atom. The van der Waals surface area contributed by atoms with Crippen molar-refractivity contribution in [3.8, 4) is 0 Å². The van der Waals surface area contributed by atoms with Crippen molar-refractivity contribution in [1.82, 2.24) is 5.43 Å². The molecule has 1 heterocycles. The lowest BCUT2D eigenvalue weighted by atomic mass is 9.99. The van der Waals surface area contributed by atoms with Gasteiger partial charge in [0.2, 0.25) is 0 Å². The maximum atomic E-state index is 6.23. The highest BCUT2D eigenvalue weighted by molar-refractivity contribution is 6.31. The highest BCUT2D eigenvalue weighted by Crippen LogP contribution is 2.29. The van der Waals surface area contributed by atoms with E-state index in [1.165, 1.54) is 11.1 Å². The molecule has 19 heavy (non-hydrogen) atoms. The van der Waals surface area contributed by atoms with Gasteiger partial charge in [0.25, 0.3) is 0 Å². The molecule has 1 N–H and O–H groups in total. The maximum absolute atomic E-state index is 6.23. The van der Waals surface area contributed by atoms with E-state index in [0.717, 1.165) is 22.7 Å². The van der Waals surface area contributed by atoms with Gasteiger partial charge < -0.3 is 5.43 Å². The van der Waals surface area contributed by atoms with Crippen LogP contribution in [-0.2, 0) is 0 Å². The Bertz CT molecular complexity index is 617. The minimum atomic E-state index is 0.171. The average molecular weight is 271 g/mol. The molecule has 0 fully saturated rings. The fraction of sp³-hybridized carbons (Fsp3) is 0.188. The SMILES string of the molecule is Cc1ccc(C2=NNC(c3ccccc3Cl)C2)cc1. The molecule has 0 saturated carbocycles. The summed E-state index contributed by atoms with van der Waals surface area (Å²) >= 11 is 6.23. The maximum Gasteiger partial charge on any atom is 0.0760 e. The van der Waals surface area contributed by atoms with Crippen LogP contribution in [-0.4, -0.2) is 5.71 Å². The van der Waals surface area contributed by atoms with E-state index in [0.29, 0.717) is 0 Å². The Labute approximate surface area is 118 Å². The minimum Gasteiger partial charge on any atom is -0.302 e. The van der Waals surface area contributed by atoms with Gasteiger partial charge in [-0.3, -0.25) is 0 Å². The number of benzene rings is 2. The quantitative estimate of drug-likeness (QED) is 0.873. The van der Waals surface area contributed by atoms with Gasteiger partial charge in [0.15, 0.2) is 0 Å². The van der Waals surface area contributed by atoms with Gasteiger partial charge in [-0.25, -0.2) is 0 Å². The van der Waals surface area contributed by atoms with Crippen LogP contribution < -0.4 is 5.43 Å². The third-order valence-electron chi connectivity index (χ3n) is 3.42. The zero-order valence-electron chi connectivity index (χ0n) is 10.7. The van der Waals surface area contributed by atoms with Crippen molar-refractivity contribution in [3.05, 3.63) is 70.2 Å². The molecule has 0 amide bonds. The lowest BCUT2D eigenvalue weighted by Gasteiger charge is -2.11. The molecule has 1 atom stereocenters. The van der Waals surface area contributed by atoms with Gasteiger partial charge in [0.05, 0.1) is 11.8 Å². The van der Waals surface area contributed by atoms with E-state index >= 15 is 0 Å². The first kappa shape index (κ1) is 12.2. The molecule has 3 rings (SSSR count). The molecule has 0 saturated heterocycles. The second kappa shape index (κ2) is 5.06. The van der Waals surface area contributed by atoms with Gasteiger partial charge >= 0.3 is 0 Å². The van der Waals surface area contributed by atoms with Crippen molar-refractivity contribution >= 4 is 17.3 Å². The van der Waals surface area contributed by atoms with E-state index in [1.807, 2.05) is 24.3 Å². The molecular formula is C16H15ClN2. The molecule has 1 unspecified atom stereocenters. The number of hydrogen-bond donors (Lipinski definition) is 1. The predicted molar refractivity (Wildman–Crippen MR) is 79.7 cm³/mol. The first-order valence-corrected chi connectivity index (χ1v) is 6.75. The summed E-state index contributed by atoms with van der Waals surface area (Å²) in [5.41, 5.74) is 7.81. The van der Waals surface area contributed by atoms with Crippen molar-refractivity contribution in [3.63, 3.8) is 0 Å². The summed E-state index contributed by atoms with van der Waals surface area (Å²) in [4.78, 5) is 0. The summed E-state index contributed by atoms with van der Waals surface area (Å²) in [6.07, 6.45) is 0.868. The van der Waals surface area contributed by atoms with E-state index in [2.05, 4.69) is 41.7 Å². The topological polar surface area (TPSA) is 24.4 Å². The van der Waals surface area contributed by atoms with E-state index in [-0.39, 0.29) is 6.04 Å². The summed E-state index contributed by atoms with van der Waals surface area (Å²) in [5, 5.41) is 5.23. The number of hydrazone groups is 1. The van der Waals surface area contributed by atoms with Gasteiger partial charge in [-0.1, -0.05) is 59.6 Å². The molecule has 0 spiro atoms. The molecule has 0 aromatic heterocycles. The van der Waals surface area contributed by atoms with Crippen LogP contribution in [0.4, 0.5) is 0 Å². The summed E-state index contributed by atoms with van der Waals surface area (Å²) in [5.74, 6) is 0. The zero-order valence-corrected chi connectivity index (χ0v) is 11.5. The smallest absolute Gasteiger partial charge is 0.0760 e. The van der Waals surface area contributed by atoms with Crippen molar-refractivity contribution < 1.29 is 0 Å². The van der Waals surface area contributed by atoms with E-state index in [9.17, 15) is 0 Å². The number of aryl methyl sites for hydroxylation is 1. The first-order chi connectivity index (χ1) is 9.24. The van der Waals surface area contributed by atoms with E-state index < -0.39 is 0 Å². The highest BCUT2D eigenvalue weighted by atomic mass is 35.5. The van der Waals surface area contributed by atoms with Crippen molar-refractivity contribution in [2.45, 2.75) is 19.4 Å². The van der Waals surface area contributed by atoms with Crippen LogP contribution in [0.3, 0.4) is 0 Å². The van der Waals surface area contributed by atoms with Crippen molar-refractivity contribution in [2.24, 2.45) is 5.10 Å². The van der Waals surface area contributed by atoms with E-state index in [1.54, 1.807) is 0 Å². The summed E-state index contributed by atoms with van der Waals surface area (Å²) in [7, 11) is 0. The minimum absolute atomic E-state index is 0.171. The van der Waals surface area contributed by atoms with Crippen molar-refractivity contribution in [2.75, 3.05) is 0 Å². The van der Waals surface area contributed by atoms with Crippen LogP contribution in [0.25, 0.3) is 0 Å². The number of nitrogens with zero attached hydrogens (tertiary/aromatic N) is 1. The van der Waals surface area contributed by atoms with E-state index in [4.69, 9.17) is 11.6 Å². The Hall–Kier alpha value is -1.80. The molecule has 2 nitrogen and oxygen atoms in total. The predicted octanol–water partition coefficient (Wildman–Crippen LogP) is 4.09. The summed E-state index contributed by atoms with van der Waals surface area (Å²) < 4.78 is 0. The van der Waals surface area contributed by atoms with Crippen LogP contribution in [0.5, 0.6) is 0 Å². The number of rotatable bonds is 2. The second-order valence-corrected chi connectivity index (χ2v) is 5.24. The molecule has 96 valence electrons. The lowest BCUT2D eigenvalue weighted by Crippen LogP contribution is -2.10. The summed E-state index contributed by atoms with van der Waals surface area (Å²) in [6, 6.07) is 16.5. The Balaban J connectivity index is 1.80. The molecule has 0 aliphatic carbocycles. The normalized spacial score (nSPS) is 18.0. The van der Waals surface area contributed by atoms with Crippen LogP contribution in [0, 0.1) is 6.92 Å². The third kappa shape index (κ3) is 2.49. The molecule has 3 heteroatoms. The van der Waals surface area contributed by atoms with Crippen LogP contribution >= 0.6 is 11.6 Å². The fourth-order valence-electron chi connectivity index (χ4n) is 2.31. The lowest BCUT2D eigenvalue weighted by molar-refractivity contribution is 0.620. The first-order valence-electron chi connectivity index (χ1n) is 6.37. The molecule has 1 aliphatic rings. The van der Waals surface area contributed by atoms with Gasteiger partial charge in [-0.05, 0) is 24.1 Å². The van der Waals surface area contributed by atoms with Crippen LogP contribution in [0.1, 0.15) is 29.2 Å². The zero-order chi connectivity index (χ0) is 13.2. The Kier molecular flexibility index (Phi) is 3.26. The van der Waals surface area contributed by atoms with Gasteiger partial charge in [0.1, 0.15) is 0 Å². The van der Waals surface area contributed by atoms with Crippen LogP contribution in [0.2, 0.25) is 5.02 Å². The van der Waals surface area contributed by atoms with Gasteiger partial charge in [-0.15, -0.1) is 0 Å². The number of hydrogen-bond acceptors (Lipinski definition) is 2. The molecule has 2 aromatic carbocycles. The highest BCUT2D eigenvalue weighted by Gasteiger charge is 2.22. The second-order valence-electron chi connectivity index (χ2n) is 4.83. The van der Waals surface area contributed by atoms with Crippen molar-refractivity contribution in [1.29, 1.82) is 0 Å². The standard InChI is InChI=1S/C16H15ClN2/c1-11-6-8-12(9-7-11)15-10-16(19-18-15)13-4-2-3-5-14(13)17/h2-9,16,19H,10H2,1H3. The largest absolute Gasteiger partial charge is 0.302 e. The molecule has 0 radical (unpaired) electrons. The number of nitrogens with one attached hydrogen (secondary N) is 1. The third-order valence-corrected chi connectivity index (χ3v) is 3.76. The molecular weight excluding hydrogens is 256 g/mol. The fourth-order valence-corrected chi connectivity index (χ4v) is 2.57. The Morgan fingerprint density at radius 3 is 2.58 bits per heavy atom. The van der Waals surface area contributed by atoms with Gasteiger partial charge in [0, 0.05) is 11.4 Å². The number of halogens is 1. The molecule has 0 bridgehead atoms.